The first-order chi connectivity index (χ1) is 9.57. The van der Waals surface area contributed by atoms with Crippen molar-refractivity contribution >= 4 is 0 Å². The van der Waals surface area contributed by atoms with E-state index in [0.29, 0.717) is 6.10 Å². The average Bonchev–Trinajstić information content (AvgIpc) is 3.23. The highest BCUT2D eigenvalue weighted by atomic mass is 16.5. The van der Waals surface area contributed by atoms with E-state index < -0.39 is 5.60 Å². The maximum absolute atomic E-state index is 11.0. The number of aryl methyl sites for hydroxylation is 1. The van der Waals surface area contributed by atoms with Crippen molar-refractivity contribution in [3.8, 4) is 5.75 Å². The second kappa shape index (κ2) is 4.95. The van der Waals surface area contributed by atoms with Gasteiger partial charge in [-0.1, -0.05) is 36.4 Å². The van der Waals surface area contributed by atoms with Crippen molar-refractivity contribution in [2.75, 3.05) is 0 Å². The zero-order chi connectivity index (χ0) is 14.2. The second-order valence-electron chi connectivity index (χ2n) is 5.73. The lowest BCUT2D eigenvalue weighted by atomic mass is 9.85. The SMILES string of the molecule is Cc1ccccc1C(C)(O)c1cccc(OC2CC2)c1. The average molecular weight is 268 g/mol. The van der Waals surface area contributed by atoms with Crippen LogP contribution in [-0.4, -0.2) is 11.2 Å². The van der Waals surface area contributed by atoms with Crippen molar-refractivity contribution in [3.05, 3.63) is 65.2 Å². The molecule has 20 heavy (non-hydrogen) atoms. The molecule has 2 nitrogen and oxygen atoms in total. The van der Waals surface area contributed by atoms with Crippen molar-refractivity contribution in [1.82, 2.24) is 0 Å². The van der Waals surface area contributed by atoms with E-state index in [1.165, 1.54) is 0 Å². The molecule has 2 aromatic carbocycles. The van der Waals surface area contributed by atoms with Gasteiger partial charge >= 0.3 is 0 Å². The topological polar surface area (TPSA) is 29.5 Å². The lowest BCUT2D eigenvalue weighted by molar-refractivity contribution is 0.101. The molecule has 2 aromatic rings. The molecule has 0 saturated heterocycles. The molecule has 0 spiro atoms. The molecule has 1 N–H and O–H groups in total. The van der Waals surface area contributed by atoms with E-state index >= 15 is 0 Å². The molecule has 1 atom stereocenters. The van der Waals surface area contributed by atoms with Gasteiger partial charge in [0.05, 0.1) is 6.10 Å². The number of benzene rings is 2. The summed E-state index contributed by atoms with van der Waals surface area (Å²) < 4.78 is 5.82. The van der Waals surface area contributed by atoms with E-state index in [1.54, 1.807) is 0 Å². The molecule has 1 saturated carbocycles. The third-order valence-corrected chi connectivity index (χ3v) is 3.89. The third kappa shape index (κ3) is 2.56. The lowest BCUT2D eigenvalue weighted by Crippen LogP contribution is -2.24. The predicted molar refractivity (Wildman–Crippen MR) is 79.9 cm³/mol. The van der Waals surface area contributed by atoms with Gasteiger partial charge in [-0.15, -0.1) is 0 Å². The molecule has 1 fully saturated rings. The van der Waals surface area contributed by atoms with Gasteiger partial charge in [-0.2, -0.15) is 0 Å². The molecule has 0 aromatic heterocycles. The molecule has 0 heterocycles. The summed E-state index contributed by atoms with van der Waals surface area (Å²) in [4.78, 5) is 0. The van der Waals surface area contributed by atoms with Crippen LogP contribution in [0.4, 0.5) is 0 Å². The molecule has 1 aliphatic carbocycles. The minimum absolute atomic E-state index is 0.369. The molecule has 1 unspecified atom stereocenters. The Morgan fingerprint density at radius 3 is 2.55 bits per heavy atom. The van der Waals surface area contributed by atoms with Crippen LogP contribution in [0.15, 0.2) is 48.5 Å². The minimum Gasteiger partial charge on any atom is -0.490 e. The molecule has 1 aliphatic rings. The Morgan fingerprint density at radius 1 is 1.10 bits per heavy atom. The number of ether oxygens (including phenoxy) is 1. The van der Waals surface area contributed by atoms with Crippen molar-refractivity contribution in [2.24, 2.45) is 0 Å². The standard InChI is InChI=1S/C18H20O2/c1-13-6-3-4-9-17(13)18(2,19)14-7-5-8-16(12-14)20-15-10-11-15/h3-9,12,15,19H,10-11H2,1-2H3. The number of aliphatic hydroxyl groups is 1. The first-order valence-electron chi connectivity index (χ1n) is 7.13. The van der Waals surface area contributed by atoms with E-state index in [9.17, 15) is 5.11 Å². The van der Waals surface area contributed by atoms with Crippen LogP contribution in [0.25, 0.3) is 0 Å². The second-order valence-corrected chi connectivity index (χ2v) is 5.73. The zero-order valence-electron chi connectivity index (χ0n) is 12.0. The van der Waals surface area contributed by atoms with Crippen LogP contribution in [0.3, 0.4) is 0 Å². The highest BCUT2D eigenvalue weighted by molar-refractivity contribution is 5.42. The van der Waals surface area contributed by atoms with Crippen LogP contribution in [0, 0.1) is 6.92 Å². The first-order valence-corrected chi connectivity index (χ1v) is 7.13. The van der Waals surface area contributed by atoms with Gasteiger partial charge in [-0.05, 0) is 55.5 Å². The fraction of sp³-hybridized carbons (Fsp3) is 0.333. The molecule has 0 amide bonds. The van der Waals surface area contributed by atoms with Crippen molar-refractivity contribution in [3.63, 3.8) is 0 Å². The Morgan fingerprint density at radius 2 is 1.85 bits per heavy atom. The fourth-order valence-electron chi connectivity index (χ4n) is 2.53. The maximum Gasteiger partial charge on any atom is 0.120 e. The number of hydrogen-bond donors (Lipinski definition) is 1. The van der Waals surface area contributed by atoms with E-state index in [0.717, 1.165) is 35.3 Å². The van der Waals surface area contributed by atoms with Gasteiger partial charge in [0.1, 0.15) is 11.4 Å². The van der Waals surface area contributed by atoms with Crippen LogP contribution >= 0.6 is 0 Å². The van der Waals surface area contributed by atoms with Gasteiger partial charge in [0.2, 0.25) is 0 Å². The lowest BCUT2D eigenvalue weighted by Gasteiger charge is -2.26. The Balaban J connectivity index is 1.95. The number of hydrogen-bond acceptors (Lipinski definition) is 2. The van der Waals surface area contributed by atoms with E-state index in [4.69, 9.17) is 4.74 Å². The molecule has 3 rings (SSSR count). The summed E-state index contributed by atoms with van der Waals surface area (Å²) in [6, 6.07) is 15.7. The van der Waals surface area contributed by atoms with Gasteiger partial charge in [-0.3, -0.25) is 0 Å². The van der Waals surface area contributed by atoms with Crippen LogP contribution < -0.4 is 4.74 Å². The van der Waals surface area contributed by atoms with Crippen molar-refractivity contribution < 1.29 is 9.84 Å². The normalized spacial score (nSPS) is 17.6. The highest BCUT2D eigenvalue weighted by Gasteiger charge is 2.28. The smallest absolute Gasteiger partial charge is 0.120 e. The van der Waals surface area contributed by atoms with E-state index in [-0.39, 0.29) is 0 Å². The van der Waals surface area contributed by atoms with E-state index in [2.05, 4.69) is 0 Å². The van der Waals surface area contributed by atoms with Gasteiger partial charge in [0.25, 0.3) is 0 Å². The van der Waals surface area contributed by atoms with Gasteiger partial charge in [0, 0.05) is 0 Å². The molecule has 0 bridgehead atoms. The third-order valence-electron chi connectivity index (χ3n) is 3.89. The molecule has 0 aliphatic heterocycles. The Kier molecular flexibility index (Phi) is 3.27. The zero-order valence-corrected chi connectivity index (χ0v) is 12.0. The Labute approximate surface area is 120 Å². The molecular weight excluding hydrogens is 248 g/mol. The summed E-state index contributed by atoms with van der Waals surface area (Å²) >= 11 is 0. The predicted octanol–water partition coefficient (Wildman–Crippen LogP) is 3.79. The molecule has 2 heteroatoms. The summed E-state index contributed by atoms with van der Waals surface area (Å²) in [5, 5.41) is 11.0. The van der Waals surface area contributed by atoms with Crippen LogP contribution in [0.1, 0.15) is 36.5 Å². The summed E-state index contributed by atoms with van der Waals surface area (Å²) in [5.41, 5.74) is 1.88. The van der Waals surface area contributed by atoms with Gasteiger partial charge < -0.3 is 9.84 Å². The summed E-state index contributed by atoms with van der Waals surface area (Å²) in [7, 11) is 0. The summed E-state index contributed by atoms with van der Waals surface area (Å²) in [6.45, 7) is 3.86. The largest absolute Gasteiger partial charge is 0.490 e. The molecule has 104 valence electrons. The van der Waals surface area contributed by atoms with Crippen LogP contribution in [0.2, 0.25) is 0 Å². The quantitative estimate of drug-likeness (QED) is 0.914. The highest BCUT2D eigenvalue weighted by Crippen LogP contribution is 2.34. The minimum atomic E-state index is -1.01. The first kappa shape index (κ1) is 13.2. The van der Waals surface area contributed by atoms with E-state index in [1.807, 2.05) is 62.4 Å². The summed E-state index contributed by atoms with van der Waals surface area (Å²) in [5.74, 6) is 0.846. The fourth-order valence-corrected chi connectivity index (χ4v) is 2.53. The Hall–Kier alpha value is -1.80. The van der Waals surface area contributed by atoms with Crippen molar-refractivity contribution in [1.29, 1.82) is 0 Å². The van der Waals surface area contributed by atoms with Crippen LogP contribution in [0.5, 0.6) is 5.75 Å². The number of rotatable bonds is 4. The van der Waals surface area contributed by atoms with Gasteiger partial charge in [-0.25, -0.2) is 0 Å². The maximum atomic E-state index is 11.0. The van der Waals surface area contributed by atoms with Crippen molar-refractivity contribution in [2.45, 2.75) is 38.4 Å². The van der Waals surface area contributed by atoms with Crippen LogP contribution in [-0.2, 0) is 5.60 Å². The monoisotopic (exact) mass is 268 g/mol. The van der Waals surface area contributed by atoms with Gasteiger partial charge in [0.15, 0.2) is 0 Å². The Bertz CT molecular complexity index is 612. The molecular formula is C18H20O2. The molecule has 0 radical (unpaired) electrons. The summed E-state index contributed by atoms with van der Waals surface area (Å²) in [6.07, 6.45) is 2.64.